The van der Waals surface area contributed by atoms with E-state index in [0.717, 1.165) is 50.6 Å². The first-order valence-corrected chi connectivity index (χ1v) is 7.68. The van der Waals surface area contributed by atoms with E-state index in [9.17, 15) is 4.79 Å². The molecule has 0 aromatic rings. The van der Waals surface area contributed by atoms with Crippen LogP contribution in [0.1, 0.15) is 65.7 Å². The largest absolute Gasteiger partial charge is 0.335 e. The summed E-state index contributed by atoms with van der Waals surface area (Å²) in [6.45, 7) is 6.44. The SMILES string of the molecule is CCCC(CCC)NC(=O)NC1=CCCC=C1CC. The zero-order chi connectivity index (χ0) is 14.1. The number of rotatable bonds is 7. The van der Waals surface area contributed by atoms with Gasteiger partial charge in [-0.3, -0.25) is 0 Å². The number of carbonyl (C=O) groups excluding carboxylic acids is 1. The van der Waals surface area contributed by atoms with Crippen LogP contribution in [-0.2, 0) is 0 Å². The van der Waals surface area contributed by atoms with Gasteiger partial charge in [0.05, 0.1) is 0 Å². The number of carbonyl (C=O) groups is 1. The van der Waals surface area contributed by atoms with Crippen molar-refractivity contribution in [3.8, 4) is 0 Å². The average Bonchev–Trinajstić information content (AvgIpc) is 2.40. The zero-order valence-electron chi connectivity index (χ0n) is 12.6. The van der Waals surface area contributed by atoms with Crippen LogP contribution in [0.2, 0.25) is 0 Å². The van der Waals surface area contributed by atoms with Gasteiger partial charge in [0.15, 0.2) is 0 Å². The lowest BCUT2D eigenvalue weighted by molar-refractivity contribution is 0.237. The van der Waals surface area contributed by atoms with Crippen LogP contribution in [0.15, 0.2) is 23.4 Å². The van der Waals surface area contributed by atoms with Crippen molar-refractivity contribution in [2.45, 2.75) is 71.8 Å². The van der Waals surface area contributed by atoms with Gasteiger partial charge in [-0.05, 0) is 37.7 Å². The first kappa shape index (κ1) is 15.8. The number of hydrogen-bond acceptors (Lipinski definition) is 1. The molecular formula is C16H28N2O. The number of amides is 2. The van der Waals surface area contributed by atoms with E-state index in [0.29, 0.717) is 6.04 Å². The lowest BCUT2D eigenvalue weighted by Gasteiger charge is -2.20. The molecule has 0 unspecified atom stereocenters. The Kier molecular flexibility index (Phi) is 7.31. The van der Waals surface area contributed by atoms with Gasteiger partial charge in [-0.2, -0.15) is 0 Å². The number of allylic oxidation sites excluding steroid dienone is 3. The minimum atomic E-state index is -0.0561. The summed E-state index contributed by atoms with van der Waals surface area (Å²) in [5.41, 5.74) is 2.25. The van der Waals surface area contributed by atoms with E-state index in [1.807, 2.05) is 0 Å². The van der Waals surface area contributed by atoms with E-state index in [2.05, 4.69) is 43.6 Å². The Balaban J connectivity index is 2.49. The van der Waals surface area contributed by atoms with Crippen LogP contribution < -0.4 is 10.6 Å². The minimum Gasteiger partial charge on any atom is -0.335 e. The van der Waals surface area contributed by atoms with E-state index in [4.69, 9.17) is 0 Å². The van der Waals surface area contributed by atoms with Gasteiger partial charge < -0.3 is 10.6 Å². The molecule has 2 N–H and O–H groups in total. The molecule has 108 valence electrons. The van der Waals surface area contributed by atoms with E-state index >= 15 is 0 Å². The molecule has 0 aromatic carbocycles. The summed E-state index contributed by atoms with van der Waals surface area (Å²) in [7, 11) is 0. The highest BCUT2D eigenvalue weighted by Crippen LogP contribution is 2.19. The quantitative estimate of drug-likeness (QED) is 0.708. The molecule has 3 heteroatoms. The molecule has 0 saturated carbocycles. The molecule has 0 spiro atoms. The molecule has 0 atom stereocenters. The highest BCUT2D eigenvalue weighted by Gasteiger charge is 2.14. The van der Waals surface area contributed by atoms with Crippen molar-refractivity contribution in [3.63, 3.8) is 0 Å². The zero-order valence-corrected chi connectivity index (χ0v) is 12.6. The summed E-state index contributed by atoms with van der Waals surface area (Å²) in [6, 6.07) is 0.243. The molecule has 0 radical (unpaired) electrons. The second-order valence-corrected chi connectivity index (χ2v) is 5.15. The van der Waals surface area contributed by atoms with Crippen molar-refractivity contribution in [3.05, 3.63) is 23.4 Å². The Hall–Kier alpha value is -1.25. The average molecular weight is 264 g/mol. The molecule has 0 bridgehead atoms. The summed E-state index contributed by atoms with van der Waals surface area (Å²) in [4.78, 5) is 12.0. The van der Waals surface area contributed by atoms with Crippen LogP contribution >= 0.6 is 0 Å². The minimum absolute atomic E-state index is 0.0561. The molecule has 0 aromatic heterocycles. The summed E-state index contributed by atoms with van der Waals surface area (Å²) in [5, 5.41) is 6.10. The second-order valence-electron chi connectivity index (χ2n) is 5.15. The Morgan fingerprint density at radius 2 is 1.79 bits per heavy atom. The highest BCUT2D eigenvalue weighted by molar-refractivity contribution is 5.77. The van der Waals surface area contributed by atoms with Gasteiger partial charge in [0.2, 0.25) is 0 Å². The number of hydrogen-bond donors (Lipinski definition) is 2. The lowest BCUT2D eigenvalue weighted by Crippen LogP contribution is -2.42. The summed E-state index contributed by atoms with van der Waals surface area (Å²) < 4.78 is 0. The first-order valence-electron chi connectivity index (χ1n) is 7.68. The van der Waals surface area contributed by atoms with Gasteiger partial charge in [-0.25, -0.2) is 4.79 Å². The molecule has 1 aliphatic rings. The smallest absolute Gasteiger partial charge is 0.319 e. The molecule has 1 rings (SSSR count). The van der Waals surface area contributed by atoms with Gasteiger partial charge >= 0.3 is 6.03 Å². The van der Waals surface area contributed by atoms with Gasteiger partial charge in [-0.15, -0.1) is 0 Å². The van der Waals surface area contributed by atoms with Crippen molar-refractivity contribution in [1.29, 1.82) is 0 Å². The highest BCUT2D eigenvalue weighted by atomic mass is 16.2. The Labute approximate surface area is 117 Å². The molecule has 19 heavy (non-hydrogen) atoms. The molecule has 0 heterocycles. The van der Waals surface area contributed by atoms with Gasteiger partial charge in [0.25, 0.3) is 0 Å². The van der Waals surface area contributed by atoms with Crippen molar-refractivity contribution >= 4 is 6.03 Å². The van der Waals surface area contributed by atoms with Crippen LogP contribution in [-0.4, -0.2) is 12.1 Å². The molecule has 2 amide bonds. The Morgan fingerprint density at radius 1 is 1.16 bits per heavy atom. The van der Waals surface area contributed by atoms with Crippen molar-refractivity contribution < 1.29 is 4.79 Å². The molecule has 0 saturated heterocycles. The fraction of sp³-hybridized carbons (Fsp3) is 0.688. The Morgan fingerprint density at radius 3 is 2.37 bits per heavy atom. The number of urea groups is 1. The summed E-state index contributed by atoms with van der Waals surface area (Å²) >= 11 is 0. The standard InChI is InChI=1S/C16H28N2O/c1-4-9-14(10-5-2)17-16(19)18-15-12-8-7-11-13(15)6-3/h11-12,14H,4-10H2,1-3H3,(H2,17,18,19). The maximum absolute atomic E-state index is 12.0. The second kappa shape index (κ2) is 8.78. The van der Waals surface area contributed by atoms with E-state index in [1.165, 1.54) is 5.57 Å². The maximum Gasteiger partial charge on any atom is 0.319 e. The van der Waals surface area contributed by atoms with Crippen LogP contribution in [0.4, 0.5) is 4.79 Å². The van der Waals surface area contributed by atoms with Crippen molar-refractivity contribution in [1.82, 2.24) is 10.6 Å². The first-order chi connectivity index (χ1) is 9.21. The summed E-state index contributed by atoms with van der Waals surface area (Å²) in [6.07, 6.45) is 11.8. The molecule has 0 aliphatic heterocycles. The third kappa shape index (κ3) is 5.50. The predicted octanol–water partition coefficient (Wildman–Crippen LogP) is 4.27. The van der Waals surface area contributed by atoms with Crippen LogP contribution in [0, 0.1) is 0 Å². The fourth-order valence-corrected chi connectivity index (χ4v) is 2.52. The van der Waals surface area contributed by atoms with E-state index in [-0.39, 0.29) is 6.03 Å². The van der Waals surface area contributed by atoms with Gasteiger partial charge in [0.1, 0.15) is 0 Å². The molecule has 1 aliphatic carbocycles. The van der Waals surface area contributed by atoms with Crippen LogP contribution in [0.3, 0.4) is 0 Å². The fourth-order valence-electron chi connectivity index (χ4n) is 2.52. The monoisotopic (exact) mass is 264 g/mol. The molecule has 0 fully saturated rings. The van der Waals surface area contributed by atoms with E-state index in [1.54, 1.807) is 0 Å². The Bertz CT molecular complexity index is 339. The molecule has 3 nitrogen and oxygen atoms in total. The van der Waals surface area contributed by atoms with E-state index < -0.39 is 0 Å². The van der Waals surface area contributed by atoms with Crippen molar-refractivity contribution in [2.75, 3.05) is 0 Å². The molecular weight excluding hydrogens is 236 g/mol. The topological polar surface area (TPSA) is 41.1 Å². The third-order valence-corrected chi connectivity index (χ3v) is 3.49. The summed E-state index contributed by atoms with van der Waals surface area (Å²) in [5.74, 6) is 0. The van der Waals surface area contributed by atoms with Gasteiger partial charge in [-0.1, -0.05) is 45.8 Å². The maximum atomic E-state index is 12.0. The van der Waals surface area contributed by atoms with Crippen molar-refractivity contribution in [2.24, 2.45) is 0 Å². The normalized spacial score (nSPS) is 14.9. The predicted molar refractivity (Wildman–Crippen MR) is 81.0 cm³/mol. The third-order valence-electron chi connectivity index (χ3n) is 3.49. The lowest BCUT2D eigenvalue weighted by atomic mass is 10.0. The number of nitrogens with one attached hydrogen (secondary N) is 2. The van der Waals surface area contributed by atoms with Crippen LogP contribution in [0.5, 0.6) is 0 Å². The van der Waals surface area contributed by atoms with Crippen LogP contribution in [0.25, 0.3) is 0 Å². The van der Waals surface area contributed by atoms with Gasteiger partial charge in [0, 0.05) is 11.7 Å².